The van der Waals surface area contributed by atoms with E-state index in [0.29, 0.717) is 6.54 Å². The van der Waals surface area contributed by atoms with Crippen LogP contribution in [0, 0.1) is 0 Å². The Morgan fingerprint density at radius 1 is 1.07 bits per heavy atom. The van der Waals surface area contributed by atoms with Crippen molar-refractivity contribution >= 4 is 34.9 Å². The molecule has 3 amide bonds. The summed E-state index contributed by atoms with van der Waals surface area (Å²) in [7, 11) is 0. The molecule has 0 unspecified atom stereocenters. The van der Waals surface area contributed by atoms with Crippen molar-refractivity contribution in [3.8, 4) is 0 Å². The predicted molar refractivity (Wildman–Crippen MR) is 99.1 cm³/mol. The zero-order valence-corrected chi connectivity index (χ0v) is 14.1. The number of aromatic nitrogens is 1. The van der Waals surface area contributed by atoms with Gasteiger partial charge in [0.2, 0.25) is 0 Å². The third-order valence-corrected chi connectivity index (χ3v) is 4.37. The summed E-state index contributed by atoms with van der Waals surface area (Å²) in [4.78, 5) is 34.3. The van der Waals surface area contributed by atoms with Crippen LogP contribution in [0.5, 0.6) is 0 Å². The Kier molecular flexibility index (Phi) is 3.97. The van der Waals surface area contributed by atoms with E-state index in [0.717, 1.165) is 22.0 Å². The molecular formula is C20H15N3O4. The number of rotatable bonds is 4. The van der Waals surface area contributed by atoms with Crippen molar-refractivity contribution in [2.45, 2.75) is 6.54 Å². The number of aromatic carboxylic acids is 1. The molecule has 7 nitrogen and oxygen atoms in total. The number of carboxylic acids is 1. The summed E-state index contributed by atoms with van der Waals surface area (Å²) < 4.78 is 1.98. The van der Waals surface area contributed by atoms with Crippen LogP contribution in [0.25, 0.3) is 17.0 Å². The minimum atomic E-state index is -0.970. The lowest BCUT2D eigenvalue weighted by atomic mass is 10.1. The summed E-state index contributed by atoms with van der Waals surface area (Å²) >= 11 is 0. The van der Waals surface area contributed by atoms with Crippen LogP contribution in [0.2, 0.25) is 0 Å². The van der Waals surface area contributed by atoms with Crippen LogP contribution in [-0.2, 0) is 11.3 Å². The van der Waals surface area contributed by atoms with E-state index in [9.17, 15) is 14.4 Å². The number of nitrogens with zero attached hydrogens (tertiary/aromatic N) is 1. The Morgan fingerprint density at radius 2 is 1.89 bits per heavy atom. The molecule has 134 valence electrons. The Hall–Kier alpha value is -3.87. The van der Waals surface area contributed by atoms with Crippen LogP contribution >= 0.6 is 0 Å². The number of amides is 3. The second-order valence-corrected chi connectivity index (χ2v) is 6.20. The van der Waals surface area contributed by atoms with E-state index in [1.54, 1.807) is 24.3 Å². The maximum Gasteiger partial charge on any atom is 0.335 e. The summed E-state index contributed by atoms with van der Waals surface area (Å²) in [6.45, 7) is 0.476. The Morgan fingerprint density at radius 3 is 2.63 bits per heavy atom. The Labute approximate surface area is 153 Å². The summed E-state index contributed by atoms with van der Waals surface area (Å²) in [5.74, 6) is -1.44. The third-order valence-electron chi connectivity index (χ3n) is 4.37. The molecule has 0 radical (unpaired) electrons. The zero-order valence-electron chi connectivity index (χ0n) is 14.1. The average molecular weight is 361 g/mol. The van der Waals surface area contributed by atoms with Crippen LogP contribution in [0.3, 0.4) is 0 Å². The minimum absolute atomic E-state index is 0.191. The van der Waals surface area contributed by atoms with Gasteiger partial charge in [0.05, 0.1) is 5.56 Å². The van der Waals surface area contributed by atoms with E-state index >= 15 is 0 Å². The van der Waals surface area contributed by atoms with Crippen LogP contribution in [-0.4, -0.2) is 27.6 Å². The van der Waals surface area contributed by atoms with Gasteiger partial charge in [-0.05, 0) is 29.8 Å². The first-order valence-electron chi connectivity index (χ1n) is 8.25. The fourth-order valence-electron chi connectivity index (χ4n) is 3.16. The molecule has 0 spiro atoms. The second kappa shape index (κ2) is 6.45. The van der Waals surface area contributed by atoms with Gasteiger partial charge in [0.25, 0.3) is 5.91 Å². The number of fused-ring (bicyclic) bond motifs is 1. The highest BCUT2D eigenvalue weighted by Crippen LogP contribution is 2.25. The molecule has 0 saturated carbocycles. The lowest BCUT2D eigenvalue weighted by Gasteiger charge is -2.06. The fraction of sp³-hybridized carbons (Fsp3) is 0.0500. The molecule has 1 saturated heterocycles. The maximum absolute atomic E-state index is 11.8. The molecule has 4 rings (SSSR count). The van der Waals surface area contributed by atoms with Crippen LogP contribution in [0.15, 0.2) is 60.4 Å². The average Bonchev–Trinajstić information content (AvgIpc) is 3.15. The Bertz CT molecular complexity index is 1130. The number of imide groups is 1. The minimum Gasteiger partial charge on any atom is -0.478 e. The number of nitrogens with one attached hydrogen (secondary N) is 2. The summed E-state index contributed by atoms with van der Waals surface area (Å²) in [6, 6.07) is 13.9. The normalized spacial score (nSPS) is 15.2. The highest BCUT2D eigenvalue weighted by atomic mass is 16.4. The summed E-state index contributed by atoms with van der Waals surface area (Å²) in [5, 5.41) is 14.8. The van der Waals surface area contributed by atoms with Gasteiger partial charge in [-0.3, -0.25) is 10.1 Å². The standard InChI is InChI=1S/C20H15N3O4/c24-18-16(21-20(27)22-18)9-14-11-23(17-7-2-1-6-15(14)17)10-12-4-3-5-13(8-12)19(25)26/h1-9,11H,10H2,(H,25,26)(H2,21,22,24,27)/b16-9+. The number of carboxylic acid groups (broad SMARTS) is 1. The molecule has 0 aliphatic carbocycles. The monoisotopic (exact) mass is 361 g/mol. The first-order valence-corrected chi connectivity index (χ1v) is 8.25. The van der Waals surface area contributed by atoms with E-state index in [1.165, 1.54) is 0 Å². The summed E-state index contributed by atoms with van der Waals surface area (Å²) in [5.41, 5.74) is 3.00. The van der Waals surface area contributed by atoms with Crippen LogP contribution < -0.4 is 10.6 Å². The number of para-hydroxylation sites is 1. The first kappa shape index (κ1) is 16.6. The molecule has 7 heteroatoms. The molecule has 3 aromatic rings. The topological polar surface area (TPSA) is 100 Å². The van der Waals surface area contributed by atoms with Gasteiger partial charge in [-0.2, -0.15) is 0 Å². The van der Waals surface area contributed by atoms with Crippen molar-refractivity contribution < 1.29 is 19.5 Å². The van der Waals surface area contributed by atoms with E-state index < -0.39 is 17.9 Å². The van der Waals surface area contributed by atoms with E-state index in [4.69, 9.17) is 5.11 Å². The molecule has 1 aliphatic rings. The van der Waals surface area contributed by atoms with Crippen LogP contribution in [0.1, 0.15) is 21.5 Å². The highest BCUT2D eigenvalue weighted by molar-refractivity contribution is 6.14. The zero-order chi connectivity index (χ0) is 19.0. The summed E-state index contributed by atoms with van der Waals surface area (Å²) in [6.07, 6.45) is 3.51. The fourth-order valence-corrected chi connectivity index (χ4v) is 3.16. The van der Waals surface area contributed by atoms with Gasteiger partial charge in [-0.15, -0.1) is 0 Å². The van der Waals surface area contributed by atoms with Gasteiger partial charge in [0.1, 0.15) is 5.70 Å². The molecule has 1 fully saturated rings. The SMILES string of the molecule is O=C1NC(=O)/C(=C\c2cn(Cc3cccc(C(=O)O)c3)c3ccccc23)N1. The Balaban J connectivity index is 1.75. The maximum atomic E-state index is 11.8. The second-order valence-electron chi connectivity index (χ2n) is 6.20. The van der Waals surface area contributed by atoms with E-state index in [2.05, 4.69) is 10.6 Å². The molecule has 2 aromatic carbocycles. The van der Waals surface area contributed by atoms with Gasteiger partial charge >= 0.3 is 12.0 Å². The van der Waals surface area contributed by atoms with Crippen molar-refractivity contribution in [3.63, 3.8) is 0 Å². The number of benzene rings is 2. The lowest BCUT2D eigenvalue weighted by Crippen LogP contribution is -2.22. The molecule has 1 aliphatic heterocycles. The number of carbonyl (C=O) groups excluding carboxylic acids is 2. The van der Waals surface area contributed by atoms with Gasteiger partial charge in [-0.1, -0.05) is 30.3 Å². The first-order chi connectivity index (χ1) is 13.0. The van der Waals surface area contributed by atoms with Gasteiger partial charge in [0.15, 0.2) is 0 Å². The molecule has 3 N–H and O–H groups in total. The molecule has 0 atom stereocenters. The third kappa shape index (κ3) is 3.18. The van der Waals surface area contributed by atoms with Crippen LogP contribution in [0.4, 0.5) is 4.79 Å². The molecule has 2 heterocycles. The van der Waals surface area contributed by atoms with Gasteiger partial charge < -0.3 is 15.0 Å². The molecule has 1 aromatic heterocycles. The number of hydrogen-bond acceptors (Lipinski definition) is 3. The largest absolute Gasteiger partial charge is 0.478 e. The quantitative estimate of drug-likeness (QED) is 0.491. The smallest absolute Gasteiger partial charge is 0.335 e. The number of hydrogen-bond donors (Lipinski definition) is 3. The van der Waals surface area contributed by atoms with Crippen molar-refractivity contribution in [1.29, 1.82) is 0 Å². The van der Waals surface area contributed by atoms with Crippen molar-refractivity contribution in [2.75, 3.05) is 0 Å². The van der Waals surface area contributed by atoms with Gasteiger partial charge in [-0.25, -0.2) is 9.59 Å². The lowest BCUT2D eigenvalue weighted by molar-refractivity contribution is -0.115. The van der Waals surface area contributed by atoms with Crippen molar-refractivity contribution in [3.05, 3.63) is 77.1 Å². The molecular weight excluding hydrogens is 346 g/mol. The predicted octanol–water partition coefficient (Wildman–Crippen LogP) is 2.57. The van der Waals surface area contributed by atoms with Gasteiger partial charge in [0, 0.05) is 29.2 Å². The highest BCUT2D eigenvalue weighted by Gasteiger charge is 2.23. The van der Waals surface area contributed by atoms with Crippen molar-refractivity contribution in [2.24, 2.45) is 0 Å². The number of carbonyl (C=O) groups is 3. The van der Waals surface area contributed by atoms with E-state index in [-0.39, 0.29) is 11.3 Å². The van der Waals surface area contributed by atoms with E-state index in [1.807, 2.05) is 41.1 Å². The molecule has 0 bridgehead atoms. The molecule has 27 heavy (non-hydrogen) atoms. The number of urea groups is 1. The van der Waals surface area contributed by atoms with Crippen molar-refractivity contribution in [1.82, 2.24) is 15.2 Å².